The van der Waals surface area contributed by atoms with Crippen LogP contribution in [-0.4, -0.2) is 45.5 Å². The van der Waals surface area contributed by atoms with Crippen LogP contribution in [0.2, 0.25) is 0 Å². The minimum atomic E-state index is -0.404. The second-order valence-corrected chi connectivity index (χ2v) is 5.88. The maximum Gasteiger partial charge on any atom is 0.220 e. The number of carbonyl (C=O) groups is 1. The van der Waals surface area contributed by atoms with Gasteiger partial charge < -0.3 is 19.5 Å². The molecular formula is C18H26FNO4. The van der Waals surface area contributed by atoms with Gasteiger partial charge in [-0.1, -0.05) is 6.07 Å². The van der Waals surface area contributed by atoms with E-state index >= 15 is 0 Å². The van der Waals surface area contributed by atoms with Crippen molar-refractivity contribution >= 4 is 5.91 Å². The third-order valence-corrected chi connectivity index (χ3v) is 3.97. The Balaban J connectivity index is 1.52. The van der Waals surface area contributed by atoms with Crippen LogP contribution in [0.5, 0.6) is 5.75 Å². The van der Waals surface area contributed by atoms with Crippen LogP contribution < -0.4 is 10.1 Å². The molecule has 1 unspecified atom stereocenters. The zero-order valence-electron chi connectivity index (χ0n) is 14.2. The van der Waals surface area contributed by atoms with Crippen LogP contribution in [0.3, 0.4) is 0 Å². The number of benzene rings is 1. The second-order valence-electron chi connectivity index (χ2n) is 5.88. The van der Waals surface area contributed by atoms with Crippen LogP contribution >= 0.6 is 0 Å². The van der Waals surface area contributed by atoms with Gasteiger partial charge in [0.1, 0.15) is 0 Å². The van der Waals surface area contributed by atoms with E-state index in [0.29, 0.717) is 32.6 Å². The topological polar surface area (TPSA) is 56.8 Å². The van der Waals surface area contributed by atoms with Crippen molar-refractivity contribution in [2.24, 2.45) is 0 Å². The highest BCUT2D eigenvalue weighted by atomic mass is 19.1. The summed E-state index contributed by atoms with van der Waals surface area (Å²) in [5.74, 6) is -0.227. The normalized spacial score (nSPS) is 17.0. The molecule has 0 spiro atoms. The molecule has 134 valence electrons. The summed E-state index contributed by atoms with van der Waals surface area (Å²) in [6.07, 6.45) is 4.04. The second kappa shape index (κ2) is 10.3. The van der Waals surface area contributed by atoms with Gasteiger partial charge in [-0.05, 0) is 43.4 Å². The van der Waals surface area contributed by atoms with E-state index in [2.05, 4.69) is 5.32 Å². The standard InChI is InChI=1S/C18H26FNO4/c1-22-17-7-5-14(12-16(17)19)6-8-18(21)20-9-3-10-23-13-15-4-2-11-24-15/h5,7,12,15H,2-4,6,8-11,13H2,1H3,(H,20,21). The summed E-state index contributed by atoms with van der Waals surface area (Å²) in [5, 5.41) is 2.85. The molecule has 0 bridgehead atoms. The van der Waals surface area contributed by atoms with Crippen LogP contribution in [0.15, 0.2) is 18.2 Å². The van der Waals surface area contributed by atoms with Crippen molar-refractivity contribution in [3.05, 3.63) is 29.6 Å². The van der Waals surface area contributed by atoms with Crippen LogP contribution in [0.4, 0.5) is 4.39 Å². The van der Waals surface area contributed by atoms with Crippen molar-refractivity contribution in [3.8, 4) is 5.75 Å². The minimum Gasteiger partial charge on any atom is -0.494 e. The monoisotopic (exact) mass is 339 g/mol. The van der Waals surface area contributed by atoms with E-state index in [1.807, 2.05) is 0 Å². The SMILES string of the molecule is COc1ccc(CCC(=O)NCCCOCC2CCCO2)cc1F. The highest BCUT2D eigenvalue weighted by Crippen LogP contribution is 2.18. The number of hydrogen-bond acceptors (Lipinski definition) is 4. The van der Waals surface area contributed by atoms with Crippen molar-refractivity contribution in [2.45, 2.75) is 38.2 Å². The first-order chi connectivity index (χ1) is 11.7. The lowest BCUT2D eigenvalue weighted by atomic mass is 10.1. The van der Waals surface area contributed by atoms with Gasteiger partial charge in [0.05, 0.1) is 19.8 Å². The van der Waals surface area contributed by atoms with Gasteiger partial charge >= 0.3 is 0 Å². The van der Waals surface area contributed by atoms with Gasteiger partial charge in [-0.3, -0.25) is 4.79 Å². The zero-order valence-corrected chi connectivity index (χ0v) is 14.2. The van der Waals surface area contributed by atoms with E-state index in [9.17, 15) is 9.18 Å². The molecule has 1 saturated heterocycles. The Hall–Kier alpha value is -1.66. The number of rotatable bonds is 10. The Morgan fingerprint density at radius 2 is 2.33 bits per heavy atom. The number of methoxy groups -OCH3 is 1. The molecule has 1 heterocycles. The summed E-state index contributed by atoms with van der Waals surface area (Å²) in [4.78, 5) is 11.8. The molecule has 1 aromatic rings. The van der Waals surface area contributed by atoms with E-state index in [1.165, 1.54) is 13.2 Å². The number of carbonyl (C=O) groups excluding carboxylic acids is 1. The predicted octanol–water partition coefficient (Wildman–Crippen LogP) is 2.47. The summed E-state index contributed by atoms with van der Waals surface area (Å²) in [5.41, 5.74) is 0.781. The zero-order chi connectivity index (χ0) is 17.2. The lowest BCUT2D eigenvalue weighted by molar-refractivity contribution is -0.121. The molecule has 0 aliphatic carbocycles. The maximum atomic E-state index is 13.6. The van der Waals surface area contributed by atoms with Crippen LogP contribution in [-0.2, 0) is 20.7 Å². The van der Waals surface area contributed by atoms with Gasteiger partial charge in [0, 0.05) is 26.2 Å². The molecule has 5 nitrogen and oxygen atoms in total. The number of nitrogens with one attached hydrogen (secondary N) is 1. The minimum absolute atomic E-state index is 0.0367. The first-order valence-electron chi connectivity index (χ1n) is 8.47. The van der Waals surface area contributed by atoms with Gasteiger partial charge in [0.25, 0.3) is 0 Å². The molecule has 0 aromatic heterocycles. The fraction of sp³-hybridized carbons (Fsp3) is 0.611. The average Bonchev–Trinajstić information content (AvgIpc) is 3.09. The highest BCUT2D eigenvalue weighted by molar-refractivity contribution is 5.76. The highest BCUT2D eigenvalue weighted by Gasteiger charge is 2.14. The number of aryl methyl sites for hydroxylation is 1. The summed E-state index contributed by atoms with van der Waals surface area (Å²) in [6, 6.07) is 4.76. The van der Waals surface area contributed by atoms with Crippen LogP contribution in [0, 0.1) is 5.82 Å². The quantitative estimate of drug-likeness (QED) is 0.666. The fourth-order valence-corrected chi connectivity index (χ4v) is 2.60. The third-order valence-electron chi connectivity index (χ3n) is 3.97. The molecule has 2 rings (SSSR count). The molecule has 1 fully saturated rings. The molecular weight excluding hydrogens is 313 g/mol. The fourth-order valence-electron chi connectivity index (χ4n) is 2.60. The number of ether oxygens (including phenoxy) is 3. The first-order valence-corrected chi connectivity index (χ1v) is 8.47. The Morgan fingerprint density at radius 1 is 1.46 bits per heavy atom. The molecule has 1 atom stereocenters. The molecule has 1 N–H and O–H groups in total. The molecule has 0 saturated carbocycles. The third kappa shape index (κ3) is 6.45. The van der Waals surface area contributed by atoms with E-state index in [-0.39, 0.29) is 17.8 Å². The Kier molecular flexibility index (Phi) is 7.98. The average molecular weight is 339 g/mol. The molecule has 24 heavy (non-hydrogen) atoms. The lowest BCUT2D eigenvalue weighted by Crippen LogP contribution is -2.26. The largest absolute Gasteiger partial charge is 0.494 e. The summed E-state index contributed by atoms with van der Waals surface area (Å²) >= 11 is 0. The predicted molar refractivity (Wildman–Crippen MR) is 88.7 cm³/mol. The van der Waals surface area contributed by atoms with Crippen LogP contribution in [0.1, 0.15) is 31.2 Å². The maximum absolute atomic E-state index is 13.6. The van der Waals surface area contributed by atoms with Crippen LogP contribution in [0.25, 0.3) is 0 Å². The summed E-state index contributed by atoms with van der Waals surface area (Å²) in [6.45, 7) is 2.67. The number of amides is 1. The Labute approximate surface area is 142 Å². The van der Waals surface area contributed by atoms with Gasteiger partial charge in [-0.15, -0.1) is 0 Å². The van der Waals surface area contributed by atoms with Crippen molar-refractivity contribution in [2.75, 3.05) is 33.5 Å². The van der Waals surface area contributed by atoms with Gasteiger partial charge in [0.15, 0.2) is 11.6 Å². The van der Waals surface area contributed by atoms with Gasteiger partial charge in [-0.2, -0.15) is 0 Å². The van der Waals surface area contributed by atoms with E-state index in [1.54, 1.807) is 12.1 Å². The number of hydrogen-bond donors (Lipinski definition) is 1. The summed E-state index contributed by atoms with van der Waals surface area (Å²) < 4.78 is 29.4. The van der Waals surface area contributed by atoms with Crippen molar-refractivity contribution in [1.82, 2.24) is 5.32 Å². The summed E-state index contributed by atoms with van der Waals surface area (Å²) in [7, 11) is 1.43. The lowest BCUT2D eigenvalue weighted by Gasteiger charge is -2.10. The van der Waals surface area contributed by atoms with Gasteiger partial charge in [0.2, 0.25) is 5.91 Å². The molecule has 1 amide bonds. The first kappa shape index (κ1) is 18.7. The van der Waals surface area contributed by atoms with E-state index in [4.69, 9.17) is 14.2 Å². The number of halogens is 1. The molecule has 1 aliphatic heterocycles. The van der Waals surface area contributed by atoms with Crippen molar-refractivity contribution in [3.63, 3.8) is 0 Å². The molecule has 0 radical (unpaired) electrons. The Morgan fingerprint density at radius 3 is 3.04 bits per heavy atom. The van der Waals surface area contributed by atoms with E-state index < -0.39 is 5.82 Å². The van der Waals surface area contributed by atoms with Crippen molar-refractivity contribution < 1.29 is 23.4 Å². The molecule has 1 aliphatic rings. The van der Waals surface area contributed by atoms with Gasteiger partial charge in [-0.25, -0.2) is 4.39 Å². The van der Waals surface area contributed by atoms with Crippen molar-refractivity contribution in [1.29, 1.82) is 0 Å². The smallest absolute Gasteiger partial charge is 0.220 e. The van der Waals surface area contributed by atoms with E-state index in [0.717, 1.165) is 31.4 Å². The Bertz CT molecular complexity index is 518. The molecule has 6 heteroatoms. The molecule has 1 aromatic carbocycles.